The van der Waals surface area contributed by atoms with Gasteiger partial charge in [-0.2, -0.15) is 0 Å². The van der Waals surface area contributed by atoms with E-state index in [1.807, 2.05) is 54.7 Å². The molecule has 0 aliphatic carbocycles. The molecule has 2 N–H and O–H groups in total. The first-order valence-electron chi connectivity index (χ1n) is 11.4. The van der Waals surface area contributed by atoms with Crippen LogP contribution < -0.4 is 10.1 Å². The average molecular weight is 441 g/mol. The molecule has 1 heterocycles. The van der Waals surface area contributed by atoms with Gasteiger partial charge in [-0.15, -0.1) is 0 Å². The summed E-state index contributed by atoms with van der Waals surface area (Å²) in [5.41, 5.74) is 5.71. The minimum atomic E-state index is -0.0735. The van der Waals surface area contributed by atoms with Gasteiger partial charge in [0.2, 0.25) is 5.91 Å². The number of nitrogens with one attached hydrogen (secondary N) is 2. The molecule has 1 aromatic heterocycles. The number of aromatic amines is 1. The molecule has 0 bridgehead atoms. The van der Waals surface area contributed by atoms with Gasteiger partial charge in [-0.1, -0.05) is 75.4 Å². The lowest BCUT2D eigenvalue weighted by Gasteiger charge is -2.22. The maximum absolute atomic E-state index is 13.0. The van der Waals surface area contributed by atoms with Gasteiger partial charge in [-0.05, 0) is 45.9 Å². The molecule has 1 atom stereocenters. The number of amides is 1. The first kappa shape index (κ1) is 22.7. The van der Waals surface area contributed by atoms with Crippen LogP contribution in [0, 0.1) is 0 Å². The molecule has 0 radical (unpaired) electrons. The Labute approximate surface area is 196 Å². The molecule has 1 amide bonds. The monoisotopic (exact) mass is 440 g/mol. The van der Waals surface area contributed by atoms with Gasteiger partial charge in [-0.25, -0.2) is 0 Å². The highest BCUT2D eigenvalue weighted by molar-refractivity contribution is 5.87. The number of fused-ring (bicyclic) bond motifs is 1. The lowest BCUT2D eigenvalue weighted by atomic mass is 9.83. The third-order valence-electron chi connectivity index (χ3n) is 6.20. The van der Waals surface area contributed by atoms with Crippen molar-refractivity contribution in [1.29, 1.82) is 0 Å². The van der Waals surface area contributed by atoms with E-state index in [0.717, 1.165) is 33.3 Å². The molecule has 33 heavy (non-hydrogen) atoms. The van der Waals surface area contributed by atoms with Crippen LogP contribution in [0.25, 0.3) is 10.9 Å². The number of hydrogen-bond donors (Lipinski definition) is 2. The fourth-order valence-corrected chi connectivity index (χ4v) is 4.21. The van der Waals surface area contributed by atoms with E-state index in [0.29, 0.717) is 13.0 Å². The number of benzene rings is 3. The average Bonchev–Trinajstić information content (AvgIpc) is 3.24. The molecule has 0 unspecified atom stereocenters. The van der Waals surface area contributed by atoms with E-state index in [9.17, 15) is 4.79 Å². The largest absolute Gasteiger partial charge is 0.497 e. The van der Waals surface area contributed by atoms with Crippen molar-refractivity contribution in [1.82, 2.24) is 10.3 Å². The lowest BCUT2D eigenvalue weighted by molar-refractivity contribution is -0.121. The van der Waals surface area contributed by atoms with Crippen molar-refractivity contribution in [3.63, 3.8) is 0 Å². The van der Waals surface area contributed by atoms with Crippen LogP contribution in [-0.2, 0) is 16.8 Å². The Morgan fingerprint density at radius 1 is 1.00 bits per heavy atom. The van der Waals surface area contributed by atoms with Crippen molar-refractivity contribution in [3.05, 3.63) is 101 Å². The van der Waals surface area contributed by atoms with E-state index >= 15 is 0 Å². The molecule has 0 aliphatic rings. The summed E-state index contributed by atoms with van der Waals surface area (Å²) in [6.07, 6.45) is 2.39. The predicted octanol–water partition coefficient (Wildman–Crippen LogP) is 6.31. The molecule has 0 fully saturated rings. The van der Waals surface area contributed by atoms with Crippen LogP contribution in [-0.4, -0.2) is 18.0 Å². The molecule has 0 aliphatic heterocycles. The SMILES string of the molecule is COc1ccc2[nH]cc([C@@H](CC(=O)NCc3ccccc3)c3ccc(C(C)(C)C)cc3)c2c1. The number of ether oxygens (including phenoxy) is 1. The molecule has 0 saturated heterocycles. The van der Waals surface area contributed by atoms with E-state index in [-0.39, 0.29) is 17.2 Å². The number of methoxy groups -OCH3 is 1. The molecule has 4 heteroatoms. The van der Waals surface area contributed by atoms with E-state index in [1.165, 1.54) is 5.56 Å². The second-order valence-electron chi connectivity index (χ2n) is 9.55. The zero-order valence-electron chi connectivity index (χ0n) is 19.8. The molecule has 3 aromatic carbocycles. The number of aromatic nitrogens is 1. The van der Waals surface area contributed by atoms with Gasteiger partial charge in [0.25, 0.3) is 0 Å². The number of carbonyl (C=O) groups excluding carboxylic acids is 1. The van der Waals surface area contributed by atoms with Crippen LogP contribution in [0.2, 0.25) is 0 Å². The standard InChI is InChI=1S/C29H32N2O2/c1-29(2,3)22-12-10-21(11-13-22)24(17-28(32)31-18-20-8-6-5-7-9-20)26-19-30-27-15-14-23(33-4)16-25(26)27/h5-16,19,24,30H,17-18H2,1-4H3,(H,31,32)/t24-/m0/s1. The first-order valence-corrected chi connectivity index (χ1v) is 11.4. The van der Waals surface area contributed by atoms with E-state index < -0.39 is 0 Å². The smallest absolute Gasteiger partial charge is 0.221 e. The molecule has 0 saturated carbocycles. The highest BCUT2D eigenvalue weighted by atomic mass is 16.5. The highest BCUT2D eigenvalue weighted by Crippen LogP contribution is 2.36. The van der Waals surface area contributed by atoms with Crippen molar-refractivity contribution in [2.24, 2.45) is 0 Å². The zero-order chi connectivity index (χ0) is 23.4. The third kappa shape index (κ3) is 5.28. The summed E-state index contributed by atoms with van der Waals surface area (Å²) in [4.78, 5) is 16.4. The third-order valence-corrected chi connectivity index (χ3v) is 6.20. The summed E-state index contributed by atoms with van der Waals surface area (Å²) in [6, 6.07) is 24.7. The van der Waals surface area contributed by atoms with Crippen LogP contribution >= 0.6 is 0 Å². The Kier molecular flexibility index (Phi) is 6.55. The first-order chi connectivity index (χ1) is 15.8. The van der Waals surface area contributed by atoms with Crippen molar-refractivity contribution >= 4 is 16.8 Å². The van der Waals surface area contributed by atoms with E-state index in [4.69, 9.17) is 4.74 Å². The van der Waals surface area contributed by atoms with Gasteiger partial charge in [0.1, 0.15) is 5.75 Å². The topological polar surface area (TPSA) is 54.1 Å². The summed E-state index contributed by atoms with van der Waals surface area (Å²) in [5, 5.41) is 4.17. The minimum Gasteiger partial charge on any atom is -0.497 e. The Morgan fingerprint density at radius 3 is 2.39 bits per heavy atom. The van der Waals surface area contributed by atoms with Gasteiger partial charge in [0, 0.05) is 36.0 Å². The van der Waals surface area contributed by atoms with Gasteiger partial charge >= 0.3 is 0 Å². The van der Waals surface area contributed by atoms with Crippen LogP contribution in [0.1, 0.15) is 55.4 Å². The second-order valence-corrected chi connectivity index (χ2v) is 9.55. The number of hydrogen-bond acceptors (Lipinski definition) is 2. The summed E-state index contributed by atoms with van der Waals surface area (Å²) < 4.78 is 5.46. The fourth-order valence-electron chi connectivity index (χ4n) is 4.21. The van der Waals surface area contributed by atoms with Crippen LogP contribution in [0.3, 0.4) is 0 Å². The minimum absolute atomic E-state index is 0.0287. The Morgan fingerprint density at radius 2 is 1.73 bits per heavy atom. The Bertz CT molecular complexity index is 1220. The van der Waals surface area contributed by atoms with Gasteiger partial charge < -0.3 is 15.0 Å². The molecular weight excluding hydrogens is 408 g/mol. The summed E-state index contributed by atoms with van der Waals surface area (Å²) in [7, 11) is 1.67. The molecule has 4 aromatic rings. The number of rotatable bonds is 7. The summed E-state index contributed by atoms with van der Waals surface area (Å²) in [6.45, 7) is 7.16. The van der Waals surface area contributed by atoms with Crippen molar-refractivity contribution < 1.29 is 9.53 Å². The summed E-state index contributed by atoms with van der Waals surface area (Å²) >= 11 is 0. The van der Waals surface area contributed by atoms with Crippen molar-refractivity contribution in [2.75, 3.05) is 7.11 Å². The molecule has 170 valence electrons. The molecule has 4 nitrogen and oxygen atoms in total. The Hall–Kier alpha value is -3.53. The highest BCUT2D eigenvalue weighted by Gasteiger charge is 2.23. The van der Waals surface area contributed by atoms with Crippen molar-refractivity contribution in [3.8, 4) is 5.75 Å². The van der Waals surface area contributed by atoms with Gasteiger partial charge in [-0.3, -0.25) is 4.79 Å². The van der Waals surface area contributed by atoms with Crippen LogP contribution in [0.15, 0.2) is 79.0 Å². The van der Waals surface area contributed by atoms with E-state index in [1.54, 1.807) is 7.11 Å². The summed E-state index contributed by atoms with van der Waals surface area (Å²) in [5.74, 6) is 0.760. The van der Waals surface area contributed by atoms with Gasteiger partial charge in [0.15, 0.2) is 0 Å². The molecular formula is C29H32N2O2. The zero-order valence-corrected chi connectivity index (χ0v) is 19.8. The second kappa shape index (κ2) is 9.53. The molecule has 4 rings (SSSR count). The van der Waals surface area contributed by atoms with Gasteiger partial charge in [0.05, 0.1) is 7.11 Å². The molecule has 0 spiro atoms. The predicted molar refractivity (Wildman–Crippen MR) is 135 cm³/mol. The maximum atomic E-state index is 13.0. The fraction of sp³-hybridized carbons (Fsp3) is 0.276. The number of carbonyl (C=O) groups is 1. The van der Waals surface area contributed by atoms with Crippen molar-refractivity contribution in [2.45, 2.75) is 45.1 Å². The normalized spacial score (nSPS) is 12.5. The quantitative estimate of drug-likeness (QED) is 0.354. The number of H-pyrrole nitrogens is 1. The maximum Gasteiger partial charge on any atom is 0.221 e. The van der Waals surface area contributed by atoms with Crippen LogP contribution in [0.5, 0.6) is 5.75 Å². The Balaban J connectivity index is 1.66. The lowest BCUT2D eigenvalue weighted by Crippen LogP contribution is -2.25. The van der Waals surface area contributed by atoms with E-state index in [2.05, 4.69) is 55.3 Å². The van der Waals surface area contributed by atoms with Crippen LogP contribution in [0.4, 0.5) is 0 Å².